The number of nitrogens with zero attached hydrogens (tertiary/aromatic N) is 3. The second kappa shape index (κ2) is 7.12. The zero-order chi connectivity index (χ0) is 18.1. The van der Waals surface area contributed by atoms with Crippen LogP contribution in [0.5, 0.6) is 0 Å². The maximum absolute atomic E-state index is 14.0. The van der Waals surface area contributed by atoms with E-state index in [0.29, 0.717) is 4.47 Å². The van der Waals surface area contributed by atoms with E-state index in [0.717, 1.165) is 0 Å². The highest BCUT2D eigenvalue weighted by molar-refractivity contribution is 9.10. The molecule has 0 bridgehead atoms. The SMILES string of the molecule is CC(OCn1nc(-c2cc(Br)ccc2F)nc1C(N)=O)[Si](C)(C)C. The fraction of sp³-hybridized carbons (Fsp3) is 0.400. The lowest BCUT2D eigenvalue weighted by Gasteiger charge is -2.25. The van der Waals surface area contributed by atoms with Gasteiger partial charge in [-0.05, 0) is 25.1 Å². The van der Waals surface area contributed by atoms with Gasteiger partial charge in [-0.1, -0.05) is 35.6 Å². The lowest BCUT2D eigenvalue weighted by Crippen LogP contribution is -2.38. The number of benzene rings is 1. The molecule has 1 aromatic carbocycles. The quantitative estimate of drug-likeness (QED) is 0.735. The van der Waals surface area contributed by atoms with E-state index in [1.165, 1.54) is 10.7 Å². The number of primary amides is 1. The summed E-state index contributed by atoms with van der Waals surface area (Å²) in [7, 11) is -1.50. The van der Waals surface area contributed by atoms with Gasteiger partial charge in [-0.3, -0.25) is 4.79 Å². The van der Waals surface area contributed by atoms with Crippen LogP contribution in [0.25, 0.3) is 11.4 Å². The Morgan fingerprint density at radius 2 is 2.12 bits per heavy atom. The molecular weight excluding hydrogens is 395 g/mol. The third-order valence-corrected chi connectivity index (χ3v) is 6.83. The van der Waals surface area contributed by atoms with Gasteiger partial charge in [0.15, 0.2) is 5.82 Å². The van der Waals surface area contributed by atoms with Crippen LogP contribution in [0.1, 0.15) is 17.5 Å². The third kappa shape index (κ3) is 4.28. The minimum absolute atomic E-state index is 0.0341. The van der Waals surface area contributed by atoms with Crippen LogP contribution in [0.3, 0.4) is 0 Å². The minimum Gasteiger partial charge on any atom is -0.363 e. The predicted molar refractivity (Wildman–Crippen MR) is 95.5 cm³/mol. The second-order valence-corrected chi connectivity index (χ2v) is 13.0. The van der Waals surface area contributed by atoms with E-state index >= 15 is 0 Å². The number of hydrogen-bond donors (Lipinski definition) is 1. The highest BCUT2D eigenvalue weighted by Gasteiger charge is 2.25. The van der Waals surface area contributed by atoms with E-state index < -0.39 is 19.8 Å². The third-order valence-electron chi connectivity index (χ3n) is 3.73. The number of aromatic nitrogens is 3. The number of hydrogen-bond acceptors (Lipinski definition) is 4. The first-order valence-corrected chi connectivity index (χ1v) is 11.8. The van der Waals surface area contributed by atoms with Crippen LogP contribution in [0, 0.1) is 5.82 Å². The van der Waals surface area contributed by atoms with Gasteiger partial charge >= 0.3 is 0 Å². The van der Waals surface area contributed by atoms with Crippen LogP contribution in [-0.2, 0) is 11.5 Å². The molecule has 24 heavy (non-hydrogen) atoms. The summed E-state index contributed by atoms with van der Waals surface area (Å²) in [5.74, 6) is -1.20. The zero-order valence-corrected chi connectivity index (χ0v) is 16.6. The lowest BCUT2D eigenvalue weighted by atomic mass is 10.2. The Kier molecular flexibility index (Phi) is 5.56. The van der Waals surface area contributed by atoms with Crippen molar-refractivity contribution in [3.8, 4) is 11.4 Å². The number of ether oxygens (including phenoxy) is 1. The van der Waals surface area contributed by atoms with Gasteiger partial charge in [-0.2, -0.15) is 0 Å². The van der Waals surface area contributed by atoms with Gasteiger partial charge in [-0.25, -0.2) is 14.1 Å². The summed E-state index contributed by atoms with van der Waals surface area (Å²) in [6, 6.07) is 4.42. The van der Waals surface area contributed by atoms with Crippen molar-refractivity contribution in [1.29, 1.82) is 0 Å². The molecule has 1 heterocycles. The van der Waals surface area contributed by atoms with E-state index in [2.05, 4.69) is 45.7 Å². The zero-order valence-electron chi connectivity index (χ0n) is 14.0. The van der Waals surface area contributed by atoms with E-state index in [-0.39, 0.29) is 29.7 Å². The fourth-order valence-corrected chi connectivity index (χ4v) is 2.77. The van der Waals surface area contributed by atoms with Crippen molar-refractivity contribution in [1.82, 2.24) is 14.8 Å². The van der Waals surface area contributed by atoms with Crippen LogP contribution in [0.2, 0.25) is 19.6 Å². The van der Waals surface area contributed by atoms with Gasteiger partial charge in [0.2, 0.25) is 5.82 Å². The molecule has 6 nitrogen and oxygen atoms in total. The maximum Gasteiger partial charge on any atom is 0.286 e. The molecule has 9 heteroatoms. The van der Waals surface area contributed by atoms with Crippen molar-refractivity contribution in [3.63, 3.8) is 0 Å². The van der Waals surface area contributed by atoms with Crippen molar-refractivity contribution < 1.29 is 13.9 Å². The average molecular weight is 415 g/mol. The standard InChI is InChI=1S/C15H20BrFN4O2Si/c1-9(24(2,3)4)23-8-21-15(13(18)22)19-14(20-21)11-7-10(16)5-6-12(11)17/h5-7,9H,8H2,1-4H3,(H2,18,22). The molecule has 1 amide bonds. The first-order chi connectivity index (χ1) is 11.1. The van der Waals surface area contributed by atoms with Crippen molar-refractivity contribution in [2.45, 2.75) is 39.0 Å². The molecule has 0 aliphatic rings. The second-order valence-electron chi connectivity index (χ2n) is 6.55. The lowest BCUT2D eigenvalue weighted by molar-refractivity contribution is 0.0464. The number of halogens is 2. The molecule has 0 spiro atoms. The van der Waals surface area contributed by atoms with Gasteiger partial charge in [-0.15, -0.1) is 5.10 Å². The van der Waals surface area contributed by atoms with E-state index in [1.807, 2.05) is 6.92 Å². The van der Waals surface area contributed by atoms with Gasteiger partial charge < -0.3 is 10.5 Å². The van der Waals surface area contributed by atoms with Gasteiger partial charge in [0, 0.05) is 10.2 Å². The Bertz CT molecular complexity index is 760. The van der Waals surface area contributed by atoms with E-state index in [9.17, 15) is 9.18 Å². The predicted octanol–water partition coefficient (Wildman–Crippen LogP) is 3.19. The Morgan fingerprint density at radius 3 is 2.71 bits per heavy atom. The van der Waals surface area contributed by atoms with Crippen LogP contribution in [0.15, 0.2) is 22.7 Å². The molecule has 0 saturated heterocycles. The fourth-order valence-electron chi connectivity index (χ4n) is 1.83. The summed E-state index contributed by atoms with van der Waals surface area (Å²) in [6.45, 7) is 8.55. The molecule has 130 valence electrons. The molecule has 1 unspecified atom stereocenters. The number of carbonyl (C=O) groups is 1. The van der Waals surface area contributed by atoms with Gasteiger partial charge in [0.05, 0.1) is 13.6 Å². The number of rotatable bonds is 6. The monoisotopic (exact) mass is 414 g/mol. The molecule has 0 aliphatic heterocycles. The normalized spacial score (nSPS) is 13.1. The smallest absolute Gasteiger partial charge is 0.286 e. The van der Waals surface area contributed by atoms with Crippen molar-refractivity contribution >= 4 is 29.9 Å². The largest absolute Gasteiger partial charge is 0.363 e. The summed E-state index contributed by atoms with van der Waals surface area (Å²) in [4.78, 5) is 15.7. The molecular formula is C15H20BrFN4O2Si. The van der Waals surface area contributed by atoms with E-state index in [1.54, 1.807) is 12.1 Å². The van der Waals surface area contributed by atoms with Crippen molar-refractivity contribution in [2.24, 2.45) is 5.73 Å². The summed E-state index contributed by atoms with van der Waals surface area (Å²) in [6.07, 6.45) is 0. The molecule has 0 fully saturated rings. The molecule has 0 radical (unpaired) electrons. The molecule has 2 N–H and O–H groups in total. The average Bonchev–Trinajstić information content (AvgIpc) is 2.90. The van der Waals surface area contributed by atoms with Crippen LogP contribution >= 0.6 is 15.9 Å². The molecule has 2 aromatic rings. The number of nitrogens with two attached hydrogens (primary N) is 1. The van der Waals surface area contributed by atoms with Crippen molar-refractivity contribution in [2.75, 3.05) is 0 Å². The molecule has 0 aliphatic carbocycles. The van der Waals surface area contributed by atoms with Gasteiger partial charge in [0.1, 0.15) is 12.5 Å². The van der Waals surface area contributed by atoms with Crippen LogP contribution in [0.4, 0.5) is 4.39 Å². The first kappa shape index (κ1) is 18.8. The van der Waals surface area contributed by atoms with E-state index in [4.69, 9.17) is 10.5 Å². The summed E-state index contributed by atoms with van der Waals surface area (Å²) >= 11 is 3.28. The molecule has 2 rings (SSSR count). The summed E-state index contributed by atoms with van der Waals surface area (Å²) in [5.41, 5.74) is 5.59. The Hall–Kier alpha value is -1.58. The Balaban J connectivity index is 2.34. The topological polar surface area (TPSA) is 83.0 Å². The highest BCUT2D eigenvalue weighted by Crippen LogP contribution is 2.24. The van der Waals surface area contributed by atoms with Crippen LogP contribution < -0.4 is 5.73 Å². The molecule has 1 atom stereocenters. The van der Waals surface area contributed by atoms with Crippen molar-refractivity contribution in [3.05, 3.63) is 34.3 Å². The first-order valence-electron chi connectivity index (χ1n) is 7.41. The summed E-state index contributed by atoms with van der Waals surface area (Å²) in [5, 5.41) is 4.19. The van der Waals surface area contributed by atoms with Gasteiger partial charge in [0.25, 0.3) is 5.91 Å². The number of amides is 1. The maximum atomic E-state index is 14.0. The Morgan fingerprint density at radius 1 is 1.46 bits per heavy atom. The minimum atomic E-state index is -1.50. The number of carbonyl (C=O) groups excluding carboxylic acids is 1. The Labute approximate surface area is 149 Å². The molecule has 1 aromatic heterocycles. The molecule has 0 saturated carbocycles. The highest BCUT2D eigenvalue weighted by atomic mass is 79.9. The van der Waals surface area contributed by atoms with Crippen LogP contribution in [-0.4, -0.2) is 34.5 Å². The summed E-state index contributed by atoms with van der Waals surface area (Å²) < 4.78 is 21.8.